The van der Waals surface area contributed by atoms with Gasteiger partial charge in [-0.05, 0) is 79.3 Å². The van der Waals surface area contributed by atoms with Gasteiger partial charge >= 0.3 is 0 Å². The molecule has 218 valence electrons. The highest BCUT2D eigenvalue weighted by molar-refractivity contribution is 5.98. The summed E-state index contributed by atoms with van der Waals surface area (Å²) in [5, 5.41) is 17.1. The van der Waals surface area contributed by atoms with Crippen molar-refractivity contribution in [3.8, 4) is 5.75 Å². The maximum atomic E-state index is 13.9. The zero-order valence-electron chi connectivity index (χ0n) is 23.6. The number of nitrogens with zero attached hydrogens (tertiary/aromatic N) is 1. The molecule has 1 aliphatic rings. The van der Waals surface area contributed by atoms with Crippen molar-refractivity contribution in [2.75, 3.05) is 13.1 Å². The third-order valence-corrected chi connectivity index (χ3v) is 7.27. The average Bonchev–Trinajstić information content (AvgIpc) is 3.26. The molecular formula is C32H37F2N3O4. The number of nitrogens with one attached hydrogen (secondary N) is 2. The minimum Gasteiger partial charge on any atom is -0.481 e. The normalized spacial score (nSPS) is 14.9. The number of fused-ring (bicyclic) bond motifs is 1. The number of aliphatic hydroxyl groups is 1. The van der Waals surface area contributed by atoms with Gasteiger partial charge in [-0.2, -0.15) is 0 Å². The lowest BCUT2D eigenvalue weighted by atomic mass is 10.00. The van der Waals surface area contributed by atoms with Crippen molar-refractivity contribution in [2.45, 2.75) is 65.0 Å². The van der Waals surface area contributed by atoms with Crippen LogP contribution in [0, 0.1) is 11.6 Å². The summed E-state index contributed by atoms with van der Waals surface area (Å²) in [6.45, 7) is 7.30. The molecule has 0 saturated carbocycles. The molecule has 0 saturated heterocycles. The first-order valence-corrected chi connectivity index (χ1v) is 14.0. The van der Waals surface area contributed by atoms with Crippen LogP contribution in [-0.4, -0.2) is 53.2 Å². The van der Waals surface area contributed by atoms with Gasteiger partial charge in [0.05, 0.1) is 12.1 Å². The highest BCUT2D eigenvalue weighted by atomic mass is 19.1. The first-order chi connectivity index (χ1) is 19.7. The molecule has 0 bridgehead atoms. The molecule has 3 aromatic carbocycles. The molecule has 0 spiro atoms. The molecule has 1 aliphatic heterocycles. The van der Waals surface area contributed by atoms with Crippen LogP contribution in [0.15, 0.2) is 60.7 Å². The first-order valence-electron chi connectivity index (χ1n) is 14.0. The van der Waals surface area contributed by atoms with E-state index in [1.807, 2.05) is 25.1 Å². The summed E-state index contributed by atoms with van der Waals surface area (Å²) in [4.78, 5) is 27.3. The largest absolute Gasteiger partial charge is 0.481 e. The van der Waals surface area contributed by atoms with E-state index in [9.17, 15) is 23.5 Å². The Morgan fingerprint density at radius 1 is 1.02 bits per heavy atom. The van der Waals surface area contributed by atoms with E-state index >= 15 is 0 Å². The third kappa shape index (κ3) is 7.89. The molecule has 41 heavy (non-hydrogen) atoms. The van der Waals surface area contributed by atoms with Crippen LogP contribution < -0.4 is 15.4 Å². The number of carbonyl (C=O) groups is 2. The molecule has 1 unspecified atom stereocenters. The van der Waals surface area contributed by atoms with Crippen molar-refractivity contribution in [1.82, 2.24) is 15.5 Å². The number of halogens is 2. The molecule has 0 radical (unpaired) electrons. The van der Waals surface area contributed by atoms with Crippen LogP contribution >= 0.6 is 0 Å². The van der Waals surface area contributed by atoms with Crippen molar-refractivity contribution in [3.05, 3.63) is 100 Å². The molecule has 1 heterocycles. The Labute approximate surface area is 239 Å². The van der Waals surface area contributed by atoms with Crippen molar-refractivity contribution in [1.29, 1.82) is 0 Å². The van der Waals surface area contributed by atoms with E-state index in [1.54, 1.807) is 30.0 Å². The monoisotopic (exact) mass is 565 g/mol. The number of benzene rings is 3. The zero-order chi connectivity index (χ0) is 29.5. The van der Waals surface area contributed by atoms with Gasteiger partial charge in [-0.3, -0.25) is 9.59 Å². The van der Waals surface area contributed by atoms with Gasteiger partial charge in [-0.1, -0.05) is 31.2 Å². The average molecular weight is 566 g/mol. The molecule has 0 fully saturated rings. The van der Waals surface area contributed by atoms with Gasteiger partial charge in [0.15, 0.2) is 6.10 Å². The Kier molecular flexibility index (Phi) is 10.1. The van der Waals surface area contributed by atoms with Crippen LogP contribution in [0.1, 0.15) is 53.4 Å². The Morgan fingerprint density at radius 3 is 2.46 bits per heavy atom. The number of rotatable bonds is 13. The molecule has 4 rings (SSSR count). The summed E-state index contributed by atoms with van der Waals surface area (Å²) in [6, 6.07) is 15.5. The quantitative estimate of drug-likeness (QED) is 0.290. The summed E-state index contributed by atoms with van der Waals surface area (Å²) < 4.78 is 33.6. The number of hydrogen-bond acceptors (Lipinski definition) is 5. The molecule has 3 atom stereocenters. The third-order valence-electron chi connectivity index (χ3n) is 7.27. The van der Waals surface area contributed by atoms with Crippen LogP contribution in [0.2, 0.25) is 0 Å². The fraction of sp³-hybridized carbons (Fsp3) is 0.375. The van der Waals surface area contributed by atoms with Crippen molar-refractivity contribution in [3.63, 3.8) is 0 Å². The number of amides is 2. The summed E-state index contributed by atoms with van der Waals surface area (Å²) >= 11 is 0. The fourth-order valence-electron chi connectivity index (χ4n) is 4.98. The molecule has 2 amide bonds. The standard InChI is InChI=1S/C32H37F2N3O4/c1-4-21-7-6-8-22(11-21)17-35-18-30(38)29(14-23-12-25(33)16-26(34)13-23)36-31(39)20(3)41-27-9-10-28-24(15-27)19-37(5-2)32(28)40/h6-13,15-16,20,29-30,35,38H,4-5,14,17-19H2,1-3H3,(H,36,39)/t20?,29-,30-/m0/s1. The van der Waals surface area contributed by atoms with E-state index in [0.717, 1.165) is 23.6 Å². The zero-order valence-corrected chi connectivity index (χ0v) is 23.6. The Hall–Kier alpha value is -3.82. The van der Waals surface area contributed by atoms with Gasteiger partial charge in [0.2, 0.25) is 0 Å². The number of ether oxygens (including phenoxy) is 1. The highest BCUT2D eigenvalue weighted by Crippen LogP contribution is 2.27. The van der Waals surface area contributed by atoms with Crippen molar-refractivity contribution >= 4 is 11.8 Å². The predicted octanol–water partition coefficient (Wildman–Crippen LogP) is 4.15. The van der Waals surface area contributed by atoms with Crippen molar-refractivity contribution in [2.24, 2.45) is 0 Å². The number of carbonyl (C=O) groups excluding carboxylic acids is 2. The van der Waals surface area contributed by atoms with E-state index < -0.39 is 35.8 Å². The topological polar surface area (TPSA) is 90.9 Å². The lowest BCUT2D eigenvalue weighted by Gasteiger charge is -2.26. The van der Waals surface area contributed by atoms with Crippen molar-refractivity contribution < 1.29 is 28.2 Å². The Bertz CT molecular complexity index is 1360. The second-order valence-corrected chi connectivity index (χ2v) is 10.4. The molecule has 3 N–H and O–H groups in total. The second-order valence-electron chi connectivity index (χ2n) is 10.4. The summed E-state index contributed by atoms with van der Waals surface area (Å²) in [5.41, 5.74) is 4.02. The number of aliphatic hydroxyl groups excluding tert-OH is 1. The van der Waals surface area contributed by atoms with E-state index in [4.69, 9.17) is 4.74 Å². The molecule has 9 heteroatoms. The second kappa shape index (κ2) is 13.7. The predicted molar refractivity (Wildman–Crippen MR) is 152 cm³/mol. The maximum Gasteiger partial charge on any atom is 0.261 e. The van der Waals surface area contributed by atoms with E-state index in [2.05, 4.69) is 23.6 Å². The summed E-state index contributed by atoms with van der Waals surface area (Å²) in [6.07, 6.45) is -1.07. The van der Waals surface area contributed by atoms with Crippen LogP contribution in [0.5, 0.6) is 5.75 Å². The van der Waals surface area contributed by atoms with Crippen LogP contribution in [0.3, 0.4) is 0 Å². The van der Waals surface area contributed by atoms with Gasteiger partial charge in [-0.15, -0.1) is 0 Å². The summed E-state index contributed by atoms with van der Waals surface area (Å²) in [7, 11) is 0. The lowest BCUT2D eigenvalue weighted by Crippen LogP contribution is -2.51. The Balaban J connectivity index is 1.42. The minimum atomic E-state index is -1.06. The molecule has 3 aromatic rings. The van der Waals surface area contributed by atoms with E-state index in [-0.39, 0.29) is 18.9 Å². The fourth-order valence-corrected chi connectivity index (χ4v) is 4.98. The molecule has 0 aliphatic carbocycles. The maximum absolute atomic E-state index is 13.9. The van der Waals surface area contributed by atoms with E-state index in [0.29, 0.717) is 36.5 Å². The minimum absolute atomic E-state index is 0.00904. The number of hydrogen-bond donors (Lipinski definition) is 3. The Morgan fingerprint density at radius 2 is 1.76 bits per heavy atom. The van der Waals surface area contributed by atoms with Crippen LogP contribution in [0.25, 0.3) is 0 Å². The molecule has 0 aromatic heterocycles. The van der Waals surface area contributed by atoms with Crippen LogP contribution in [0.4, 0.5) is 8.78 Å². The summed E-state index contributed by atoms with van der Waals surface area (Å²) in [5.74, 6) is -1.55. The highest BCUT2D eigenvalue weighted by Gasteiger charge is 2.28. The van der Waals surface area contributed by atoms with Gasteiger partial charge in [0.1, 0.15) is 17.4 Å². The lowest BCUT2D eigenvalue weighted by molar-refractivity contribution is -0.128. The van der Waals surface area contributed by atoms with Gasteiger partial charge < -0.3 is 25.4 Å². The molecular weight excluding hydrogens is 528 g/mol. The van der Waals surface area contributed by atoms with Gasteiger partial charge in [0.25, 0.3) is 11.8 Å². The first kappa shape index (κ1) is 30.1. The number of aryl methyl sites for hydroxylation is 1. The van der Waals surface area contributed by atoms with Gasteiger partial charge in [-0.25, -0.2) is 8.78 Å². The smallest absolute Gasteiger partial charge is 0.261 e. The SMILES string of the molecule is CCc1cccc(CNC[C@H](O)[C@H](Cc2cc(F)cc(F)c2)NC(=O)C(C)Oc2ccc3c(c2)CN(CC)C3=O)c1. The van der Waals surface area contributed by atoms with E-state index in [1.165, 1.54) is 17.7 Å². The molecule has 7 nitrogen and oxygen atoms in total. The van der Waals surface area contributed by atoms with Gasteiger partial charge in [0, 0.05) is 37.8 Å². The van der Waals surface area contributed by atoms with Crippen LogP contribution in [-0.2, 0) is 30.7 Å².